The van der Waals surface area contributed by atoms with Gasteiger partial charge in [0.2, 0.25) is 0 Å². The van der Waals surface area contributed by atoms with Crippen LogP contribution < -0.4 is 5.32 Å². The van der Waals surface area contributed by atoms with Crippen LogP contribution in [0.3, 0.4) is 0 Å². The Hall–Kier alpha value is -1.49. The van der Waals surface area contributed by atoms with Crippen LogP contribution in [0.5, 0.6) is 0 Å². The minimum absolute atomic E-state index is 0.0565. The summed E-state index contributed by atoms with van der Waals surface area (Å²) in [5, 5.41) is 12.0. The molecule has 2 aromatic heterocycles. The molecule has 1 N–H and O–H groups in total. The quantitative estimate of drug-likeness (QED) is 0.777. The average Bonchev–Trinajstić information content (AvgIpc) is 2.74. The third-order valence-electron chi connectivity index (χ3n) is 3.33. The van der Waals surface area contributed by atoms with E-state index in [0.29, 0.717) is 0 Å². The highest BCUT2D eigenvalue weighted by molar-refractivity contribution is 5.35. The number of aromatic nitrogens is 4. The van der Waals surface area contributed by atoms with Gasteiger partial charge in [-0.15, -0.1) is 10.2 Å². The predicted octanol–water partition coefficient (Wildman–Crippen LogP) is 1.11. The molecule has 1 fully saturated rings. The summed E-state index contributed by atoms with van der Waals surface area (Å²) >= 11 is 0. The van der Waals surface area contributed by atoms with Crippen LogP contribution in [-0.2, 0) is 5.54 Å². The van der Waals surface area contributed by atoms with Gasteiger partial charge < -0.3 is 5.32 Å². The maximum atomic E-state index is 4.30. The van der Waals surface area contributed by atoms with Crippen molar-refractivity contribution in [2.45, 2.75) is 31.7 Å². The number of piperidine rings is 1. The second kappa shape index (κ2) is 3.52. The van der Waals surface area contributed by atoms with Crippen molar-refractivity contribution in [2.24, 2.45) is 0 Å². The third kappa shape index (κ3) is 1.39. The zero-order chi connectivity index (χ0) is 11.0. The molecule has 16 heavy (non-hydrogen) atoms. The van der Waals surface area contributed by atoms with Gasteiger partial charge in [-0.3, -0.25) is 9.38 Å². The number of nitrogens with zero attached hydrogens (tertiary/aromatic N) is 4. The molecule has 0 bridgehead atoms. The van der Waals surface area contributed by atoms with Gasteiger partial charge in [0.05, 0.1) is 11.7 Å². The van der Waals surface area contributed by atoms with Gasteiger partial charge in [0.15, 0.2) is 11.5 Å². The van der Waals surface area contributed by atoms with Crippen molar-refractivity contribution >= 4 is 5.65 Å². The largest absolute Gasteiger partial charge is 0.305 e. The molecular weight excluding hydrogens is 202 g/mol. The number of nitrogens with one attached hydrogen (secondary N) is 1. The first-order chi connectivity index (χ1) is 7.80. The van der Waals surface area contributed by atoms with Gasteiger partial charge >= 0.3 is 0 Å². The van der Waals surface area contributed by atoms with Crippen molar-refractivity contribution in [2.75, 3.05) is 6.54 Å². The molecule has 84 valence electrons. The summed E-state index contributed by atoms with van der Waals surface area (Å²) in [7, 11) is 0. The molecular formula is C11H15N5. The van der Waals surface area contributed by atoms with Crippen LogP contribution in [-0.4, -0.2) is 26.1 Å². The van der Waals surface area contributed by atoms with Crippen LogP contribution in [0.2, 0.25) is 0 Å². The predicted molar refractivity (Wildman–Crippen MR) is 60.0 cm³/mol. The van der Waals surface area contributed by atoms with Crippen LogP contribution in [0.4, 0.5) is 0 Å². The zero-order valence-corrected chi connectivity index (χ0v) is 9.35. The van der Waals surface area contributed by atoms with Crippen molar-refractivity contribution in [3.05, 3.63) is 24.4 Å². The van der Waals surface area contributed by atoms with Crippen LogP contribution in [0.1, 0.15) is 32.0 Å². The van der Waals surface area contributed by atoms with Gasteiger partial charge in [-0.25, -0.2) is 0 Å². The van der Waals surface area contributed by atoms with Crippen molar-refractivity contribution in [1.82, 2.24) is 24.9 Å². The Morgan fingerprint density at radius 3 is 3.12 bits per heavy atom. The third-order valence-corrected chi connectivity index (χ3v) is 3.33. The number of fused-ring (bicyclic) bond motifs is 1. The molecule has 0 spiro atoms. The van der Waals surface area contributed by atoms with Crippen LogP contribution in [0, 0.1) is 0 Å². The molecule has 5 nitrogen and oxygen atoms in total. The normalized spacial score (nSPS) is 26.1. The lowest BCUT2D eigenvalue weighted by Crippen LogP contribution is -2.44. The van der Waals surface area contributed by atoms with Crippen LogP contribution in [0.15, 0.2) is 18.6 Å². The minimum Gasteiger partial charge on any atom is -0.305 e. The molecule has 1 atom stereocenters. The first-order valence-corrected chi connectivity index (χ1v) is 5.70. The highest BCUT2D eigenvalue weighted by atomic mass is 15.3. The van der Waals surface area contributed by atoms with Crippen molar-refractivity contribution in [3.8, 4) is 0 Å². The molecule has 5 heteroatoms. The van der Waals surface area contributed by atoms with Crippen molar-refractivity contribution < 1.29 is 0 Å². The lowest BCUT2D eigenvalue weighted by Gasteiger charge is -2.33. The lowest BCUT2D eigenvalue weighted by atomic mass is 9.90. The molecule has 0 aliphatic carbocycles. The van der Waals surface area contributed by atoms with Gasteiger partial charge in [0.25, 0.3) is 0 Å². The fourth-order valence-corrected chi connectivity index (χ4v) is 2.38. The fourth-order valence-electron chi connectivity index (χ4n) is 2.38. The average molecular weight is 217 g/mol. The Kier molecular flexibility index (Phi) is 2.14. The highest BCUT2D eigenvalue weighted by Crippen LogP contribution is 2.28. The maximum Gasteiger partial charge on any atom is 0.179 e. The van der Waals surface area contributed by atoms with Gasteiger partial charge in [-0.05, 0) is 32.7 Å². The maximum absolute atomic E-state index is 4.30. The molecule has 1 aliphatic rings. The summed E-state index contributed by atoms with van der Waals surface area (Å²) in [5.41, 5.74) is 0.755. The Morgan fingerprint density at radius 2 is 2.31 bits per heavy atom. The molecule has 0 saturated carbocycles. The number of hydrogen-bond acceptors (Lipinski definition) is 4. The first-order valence-electron chi connectivity index (χ1n) is 5.70. The van der Waals surface area contributed by atoms with E-state index in [0.717, 1.165) is 24.4 Å². The molecule has 1 saturated heterocycles. The monoisotopic (exact) mass is 217 g/mol. The van der Waals surface area contributed by atoms with Gasteiger partial charge in [-0.1, -0.05) is 0 Å². The van der Waals surface area contributed by atoms with Crippen LogP contribution >= 0.6 is 0 Å². The van der Waals surface area contributed by atoms with Crippen molar-refractivity contribution in [1.29, 1.82) is 0 Å². The summed E-state index contributed by atoms with van der Waals surface area (Å²) in [6, 6.07) is 0. The highest BCUT2D eigenvalue weighted by Gasteiger charge is 2.32. The standard InChI is InChI=1S/C11H15N5/c1-11(4-2-3-5-13-11)10-15-14-9-8-12-6-7-16(9)10/h6-8,13H,2-5H2,1H3. The lowest BCUT2D eigenvalue weighted by molar-refractivity contribution is 0.267. The number of rotatable bonds is 1. The van der Waals surface area contributed by atoms with E-state index >= 15 is 0 Å². The molecule has 0 aromatic carbocycles. The summed E-state index contributed by atoms with van der Waals surface area (Å²) in [4.78, 5) is 4.05. The van der Waals surface area contributed by atoms with Gasteiger partial charge in [-0.2, -0.15) is 0 Å². The number of hydrogen-bond donors (Lipinski definition) is 1. The summed E-state index contributed by atoms with van der Waals surface area (Å²) < 4.78 is 2.02. The van der Waals surface area contributed by atoms with Crippen molar-refractivity contribution in [3.63, 3.8) is 0 Å². The summed E-state index contributed by atoms with van der Waals surface area (Å²) in [6.45, 7) is 3.25. The molecule has 0 radical (unpaired) electrons. The molecule has 0 amide bonds. The summed E-state index contributed by atoms with van der Waals surface area (Å²) in [6.07, 6.45) is 9.02. The van der Waals surface area contributed by atoms with E-state index in [-0.39, 0.29) is 5.54 Å². The van der Waals surface area contributed by atoms with E-state index in [1.54, 1.807) is 12.4 Å². The second-order valence-electron chi connectivity index (χ2n) is 4.54. The first kappa shape index (κ1) is 9.72. The zero-order valence-electron chi connectivity index (χ0n) is 9.35. The summed E-state index contributed by atoms with van der Waals surface area (Å²) in [5.74, 6) is 0.990. The molecule has 3 rings (SSSR count). The molecule has 1 aliphatic heterocycles. The SMILES string of the molecule is CC1(c2nnc3cnccn23)CCCCN1. The second-order valence-corrected chi connectivity index (χ2v) is 4.54. The van der Waals surface area contributed by atoms with E-state index in [1.807, 2.05) is 10.6 Å². The molecule has 3 heterocycles. The molecule has 1 unspecified atom stereocenters. The van der Waals surface area contributed by atoms with Gasteiger partial charge in [0, 0.05) is 12.4 Å². The topological polar surface area (TPSA) is 55.1 Å². The molecule has 2 aromatic rings. The Morgan fingerprint density at radius 1 is 1.38 bits per heavy atom. The van der Waals surface area contributed by atoms with E-state index in [9.17, 15) is 0 Å². The van der Waals surface area contributed by atoms with E-state index in [1.165, 1.54) is 12.8 Å². The minimum atomic E-state index is -0.0565. The van der Waals surface area contributed by atoms with E-state index in [4.69, 9.17) is 0 Å². The van der Waals surface area contributed by atoms with E-state index < -0.39 is 0 Å². The van der Waals surface area contributed by atoms with E-state index in [2.05, 4.69) is 27.4 Å². The Bertz CT molecular complexity index is 498. The van der Waals surface area contributed by atoms with Crippen LogP contribution in [0.25, 0.3) is 5.65 Å². The Labute approximate surface area is 93.9 Å². The fraction of sp³-hybridized carbons (Fsp3) is 0.545. The Balaban J connectivity index is 2.11. The van der Waals surface area contributed by atoms with Gasteiger partial charge in [0.1, 0.15) is 0 Å². The smallest absolute Gasteiger partial charge is 0.179 e.